The van der Waals surface area contributed by atoms with E-state index in [0.717, 1.165) is 11.3 Å². The van der Waals surface area contributed by atoms with Crippen LogP contribution in [0, 0.1) is 6.92 Å². The first kappa shape index (κ1) is 14.6. The number of hydrogen-bond donors (Lipinski definition) is 2. The third kappa shape index (κ3) is 2.81. The molecule has 1 aromatic carbocycles. The smallest absolute Gasteiger partial charge is 0.274 e. The fourth-order valence-electron chi connectivity index (χ4n) is 2.06. The molecule has 0 atom stereocenters. The number of aromatic nitrogens is 4. The number of hydrogen-bond acceptors (Lipinski definition) is 5. The van der Waals surface area contributed by atoms with Crippen LogP contribution in [0.3, 0.4) is 0 Å². The number of halogens is 1. The molecule has 0 spiro atoms. The maximum absolute atomic E-state index is 12.0. The van der Waals surface area contributed by atoms with Crippen LogP contribution in [0.2, 0.25) is 5.02 Å². The Labute approximate surface area is 130 Å². The SMILES string of the molecule is COCc1cc(=O)n2[nH]c(Nc3cc(Cl)ccc3C)nc2n1. The van der Waals surface area contributed by atoms with E-state index in [1.54, 1.807) is 13.2 Å². The van der Waals surface area contributed by atoms with Crippen molar-refractivity contribution < 1.29 is 4.74 Å². The molecule has 2 heterocycles. The first-order valence-electron chi connectivity index (χ1n) is 6.57. The van der Waals surface area contributed by atoms with Crippen LogP contribution in [0.15, 0.2) is 29.1 Å². The van der Waals surface area contributed by atoms with Crippen molar-refractivity contribution in [1.29, 1.82) is 0 Å². The van der Waals surface area contributed by atoms with Gasteiger partial charge < -0.3 is 10.1 Å². The Morgan fingerprint density at radius 1 is 1.36 bits per heavy atom. The summed E-state index contributed by atoms with van der Waals surface area (Å²) < 4.78 is 6.25. The van der Waals surface area contributed by atoms with Gasteiger partial charge in [-0.15, -0.1) is 0 Å². The van der Waals surface area contributed by atoms with Gasteiger partial charge in [0.2, 0.25) is 5.95 Å². The molecular weight excluding hydrogens is 306 g/mol. The van der Waals surface area contributed by atoms with Gasteiger partial charge in [0.05, 0.1) is 12.3 Å². The molecule has 0 saturated heterocycles. The van der Waals surface area contributed by atoms with Crippen molar-refractivity contribution in [2.24, 2.45) is 0 Å². The lowest BCUT2D eigenvalue weighted by Crippen LogP contribution is -2.16. The zero-order valence-electron chi connectivity index (χ0n) is 12.1. The number of H-pyrrole nitrogens is 1. The van der Waals surface area contributed by atoms with Crippen molar-refractivity contribution in [1.82, 2.24) is 19.6 Å². The van der Waals surface area contributed by atoms with E-state index in [4.69, 9.17) is 16.3 Å². The van der Waals surface area contributed by atoms with Gasteiger partial charge in [0.15, 0.2) is 0 Å². The van der Waals surface area contributed by atoms with E-state index >= 15 is 0 Å². The summed E-state index contributed by atoms with van der Waals surface area (Å²) in [5.41, 5.74) is 2.09. The number of anilines is 2. The van der Waals surface area contributed by atoms with Gasteiger partial charge in [-0.1, -0.05) is 17.7 Å². The number of aryl methyl sites for hydroxylation is 1. The fraction of sp³-hybridized carbons (Fsp3) is 0.214. The van der Waals surface area contributed by atoms with E-state index in [0.29, 0.717) is 16.7 Å². The van der Waals surface area contributed by atoms with Crippen LogP contribution in [-0.2, 0) is 11.3 Å². The fourth-order valence-corrected chi connectivity index (χ4v) is 2.23. The predicted octanol–water partition coefficient (Wildman–Crippen LogP) is 2.27. The average Bonchev–Trinajstić information content (AvgIpc) is 2.86. The highest BCUT2D eigenvalue weighted by Gasteiger charge is 2.09. The predicted molar refractivity (Wildman–Crippen MR) is 83.8 cm³/mol. The summed E-state index contributed by atoms with van der Waals surface area (Å²) in [6.07, 6.45) is 0. The van der Waals surface area contributed by atoms with Crippen molar-refractivity contribution in [3.05, 3.63) is 50.9 Å². The highest BCUT2D eigenvalue weighted by Crippen LogP contribution is 2.22. The molecule has 7 nitrogen and oxygen atoms in total. The standard InChI is InChI=1S/C14H14ClN5O2/c1-8-3-4-9(15)5-11(8)17-13-18-14-16-10(7-22-2)6-12(21)20(14)19-13/h3-6H,7H2,1-2H3,(H2,16,17,18,19). The number of aromatic amines is 1. The summed E-state index contributed by atoms with van der Waals surface area (Å²) >= 11 is 5.99. The molecule has 0 saturated carbocycles. The second kappa shape index (κ2) is 5.78. The Hall–Kier alpha value is -2.38. The highest BCUT2D eigenvalue weighted by atomic mass is 35.5. The molecule has 2 N–H and O–H groups in total. The Balaban J connectivity index is 2.00. The quantitative estimate of drug-likeness (QED) is 0.770. The maximum atomic E-state index is 12.0. The van der Waals surface area contributed by atoms with Gasteiger partial charge >= 0.3 is 0 Å². The molecule has 0 unspecified atom stereocenters. The summed E-state index contributed by atoms with van der Waals surface area (Å²) in [6.45, 7) is 2.21. The number of fused-ring (bicyclic) bond motifs is 1. The molecule has 3 aromatic rings. The summed E-state index contributed by atoms with van der Waals surface area (Å²) in [5, 5.41) is 6.58. The van der Waals surface area contributed by atoms with E-state index in [9.17, 15) is 4.79 Å². The summed E-state index contributed by atoms with van der Waals surface area (Å²) in [6, 6.07) is 6.90. The maximum Gasteiger partial charge on any atom is 0.274 e. The Bertz CT molecular complexity index is 887. The van der Waals surface area contributed by atoms with Gasteiger partial charge in [-0.2, -0.15) is 9.50 Å². The van der Waals surface area contributed by atoms with E-state index in [-0.39, 0.29) is 17.9 Å². The molecule has 0 radical (unpaired) electrons. The topological polar surface area (TPSA) is 84.3 Å². The van der Waals surface area contributed by atoms with Crippen molar-refractivity contribution in [2.75, 3.05) is 12.4 Å². The monoisotopic (exact) mass is 319 g/mol. The zero-order valence-corrected chi connectivity index (χ0v) is 12.8. The van der Waals surface area contributed by atoms with Crippen LogP contribution in [-0.4, -0.2) is 26.7 Å². The normalized spacial score (nSPS) is 11.0. The van der Waals surface area contributed by atoms with Crippen molar-refractivity contribution in [2.45, 2.75) is 13.5 Å². The molecular formula is C14H14ClN5O2. The second-order valence-corrected chi connectivity index (χ2v) is 5.25. The van der Waals surface area contributed by atoms with Crippen molar-refractivity contribution >= 4 is 29.0 Å². The zero-order chi connectivity index (χ0) is 15.7. The minimum atomic E-state index is -0.250. The molecule has 114 valence electrons. The largest absolute Gasteiger partial charge is 0.378 e. The summed E-state index contributed by atoms with van der Waals surface area (Å²) in [5.74, 6) is 0.686. The van der Waals surface area contributed by atoms with Gasteiger partial charge in [-0.25, -0.2) is 4.98 Å². The Kier molecular flexibility index (Phi) is 3.82. The van der Waals surface area contributed by atoms with Crippen LogP contribution in [0.4, 0.5) is 11.6 Å². The van der Waals surface area contributed by atoms with Crippen LogP contribution >= 0.6 is 11.6 Å². The molecule has 8 heteroatoms. The Morgan fingerprint density at radius 2 is 2.18 bits per heavy atom. The second-order valence-electron chi connectivity index (χ2n) is 4.81. The van der Waals surface area contributed by atoms with Gasteiger partial charge in [-0.3, -0.25) is 9.89 Å². The van der Waals surface area contributed by atoms with E-state index < -0.39 is 0 Å². The number of benzene rings is 1. The number of nitrogens with one attached hydrogen (secondary N) is 2. The number of methoxy groups -OCH3 is 1. The van der Waals surface area contributed by atoms with Gasteiger partial charge in [0, 0.05) is 23.9 Å². The molecule has 3 rings (SSSR count). The lowest BCUT2D eigenvalue weighted by Gasteiger charge is -2.06. The van der Waals surface area contributed by atoms with Crippen LogP contribution in [0.25, 0.3) is 5.78 Å². The molecule has 0 amide bonds. The van der Waals surface area contributed by atoms with Gasteiger partial charge in [0.1, 0.15) is 0 Å². The van der Waals surface area contributed by atoms with E-state index in [1.165, 1.54) is 10.6 Å². The molecule has 22 heavy (non-hydrogen) atoms. The number of nitrogens with zero attached hydrogens (tertiary/aromatic N) is 3. The molecule has 0 aliphatic carbocycles. The van der Waals surface area contributed by atoms with Crippen molar-refractivity contribution in [3.63, 3.8) is 0 Å². The van der Waals surface area contributed by atoms with Gasteiger partial charge in [0.25, 0.3) is 11.3 Å². The third-order valence-electron chi connectivity index (χ3n) is 3.13. The molecule has 2 aromatic heterocycles. The first-order valence-corrected chi connectivity index (χ1v) is 6.95. The Morgan fingerprint density at radius 3 is 2.95 bits per heavy atom. The average molecular weight is 320 g/mol. The minimum Gasteiger partial charge on any atom is -0.378 e. The first-order chi connectivity index (χ1) is 10.6. The number of ether oxygens (including phenoxy) is 1. The summed E-state index contributed by atoms with van der Waals surface area (Å²) in [7, 11) is 1.54. The molecule has 0 fully saturated rings. The van der Waals surface area contributed by atoms with Gasteiger partial charge in [-0.05, 0) is 24.6 Å². The van der Waals surface area contributed by atoms with Crippen LogP contribution in [0.5, 0.6) is 0 Å². The highest BCUT2D eigenvalue weighted by molar-refractivity contribution is 6.30. The summed E-state index contributed by atoms with van der Waals surface area (Å²) in [4.78, 5) is 20.5. The number of rotatable bonds is 4. The van der Waals surface area contributed by atoms with Crippen LogP contribution < -0.4 is 10.9 Å². The molecule has 0 aliphatic heterocycles. The molecule has 0 bridgehead atoms. The lowest BCUT2D eigenvalue weighted by molar-refractivity contribution is 0.181. The van der Waals surface area contributed by atoms with E-state index in [2.05, 4.69) is 20.4 Å². The van der Waals surface area contributed by atoms with E-state index in [1.807, 2.05) is 19.1 Å². The van der Waals surface area contributed by atoms with Crippen molar-refractivity contribution in [3.8, 4) is 0 Å². The van der Waals surface area contributed by atoms with Crippen LogP contribution in [0.1, 0.15) is 11.3 Å². The third-order valence-corrected chi connectivity index (χ3v) is 3.36. The minimum absolute atomic E-state index is 0.250. The molecule has 0 aliphatic rings. The lowest BCUT2D eigenvalue weighted by atomic mass is 10.2.